The van der Waals surface area contributed by atoms with E-state index in [0.29, 0.717) is 17.1 Å². The van der Waals surface area contributed by atoms with Crippen LogP contribution in [0.4, 0.5) is 5.69 Å². The van der Waals surface area contributed by atoms with Gasteiger partial charge in [-0.3, -0.25) is 9.10 Å². The molecule has 1 aromatic rings. The third-order valence-corrected chi connectivity index (χ3v) is 6.26. The number of halogens is 1. The van der Waals surface area contributed by atoms with E-state index in [1.54, 1.807) is 36.2 Å². The number of anilines is 1. The fraction of sp³-hybridized carbons (Fsp3) is 0.611. The van der Waals surface area contributed by atoms with Gasteiger partial charge in [-0.15, -0.1) is 0 Å². The van der Waals surface area contributed by atoms with Gasteiger partial charge in [-0.05, 0) is 37.5 Å². The van der Waals surface area contributed by atoms with Crippen molar-refractivity contribution in [2.45, 2.75) is 57.5 Å². The van der Waals surface area contributed by atoms with Crippen molar-refractivity contribution in [3.8, 4) is 0 Å². The SMILES string of the molecule is CC[C@@H](C(=O)N(C)C1CCCCC1)N(c1cccc(Cl)c1)S(C)(=O)=O. The first-order valence-corrected chi connectivity index (χ1v) is 11.0. The Morgan fingerprint density at radius 1 is 1.28 bits per heavy atom. The summed E-state index contributed by atoms with van der Waals surface area (Å²) in [6.45, 7) is 1.83. The summed E-state index contributed by atoms with van der Waals surface area (Å²) in [5.74, 6) is -0.153. The summed E-state index contributed by atoms with van der Waals surface area (Å²) in [7, 11) is -1.84. The minimum absolute atomic E-state index is 0.153. The van der Waals surface area contributed by atoms with Gasteiger partial charge in [0.1, 0.15) is 6.04 Å². The van der Waals surface area contributed by atoms with E-state index in [1.165, 1.54) is 10.7 Å². The van der Waals surface area contributed by atoms with Gasteiger partial charge in [-0.25, -0.2) is 8.42 Å². The van der Waals surface area contributed by atoms with E-state index in [4.69, 9.17) is 11.6 Å². The summed E-state index contributed by atoms with van der Waals surface area (Å²) in [4.78, 5) is 14.9. The Balaban J connectivity index is 2.34. The van der Waals surface area contributed by atoms with E-state index in [-0.39, 0.29) is 11.9 Å². The Morgan fingerprint density at radius 3 is 2.44 bits per heavy atom. The van der Waals surface area contributed by atoms with Gasteiger partial charge in [-0.2, -0.15) is 0 Å². The standard InChI is InChI=1S/C18H27ClN2O3S/c1-4-17(18(22)20(2)15-10-6-5-7-11-15)21(25(3,23)24)16-12-8-9-14(19)13-16/h8-9,12-13,15,17H,4-7,10-11H2,1-3H3/t17-/m0/s1. The molecular formula is C18H27ClN2O3S. The molecule has 0 N–H and O–H groups in total. The zero-order chi connectivity index (χ0) is 18.6. The van der Waals surface area contributed by atoms with Crippen LogP contribution >= 0.6 is 11.6 Å². The van der Waals surface area contributed by atoms with Crippen LogP contribution in [0.3, 0.4) is 0 Å². The number of amides is 1. The second kappa shape index (κ2) is 8.41. The number of carbonyl (C=O) groups is 1. The van der Waals surface area contributed by atoms with Crippen LogP contribution in [0.2, 0.25) is 5.02 Å². The highest BCUT2D eigenvalue weighted by Crippen LogP contribution is 2.28. The second-order valence-corrected chi connectivity index (χ2v) is 9.00. The number of benzene rings is 1. The summed E-state index contributed by atoms with van der Waals surface area (Å²) in [6.07, 6.45) is 6.92. The molecule has 0 unspecified atom stereocenters. The van der Waals surface area contributed by atoms with Gasteiger partial charge in [0, 0.05) is 18.1 Å². The van der Waals surface area contributed by atoms with Gasteiger partial charge in [0.2, 0.25) is 15.9 Å². The maximum Gasteiger partial charge on any atom is 0.246 e. The molecular weight excluding hydrogens is 360 g/mol. The Bertz CT molecular complexity index is 702. The van der Waals surface area contributed by atoms with Crippen LogP contribution in [0.1, 0.15) is 45.4 Å². The van der Waals surface area contributed by atoms with Crippen molar-refractivity contribution in [3.05, 3.63) is 29.3 Å². The molecule has 1 saturated carbocycles. The van der Waals surface area contributed by atoms with E-state index in [1.807, 2.05) is 6.92 Å². The lowest BCUT2D eigenvalue weighted by Crippen LogP contribution is -2.52. The molecule has 0 aliphatic heterocycles. The molecule has 0 radical (unpaired) electrons. The predicted molar refractivity (Wildman–Crippen MR) is 102 cm³/mol. The first kappa shape index (κ1) is 20.0. The number of sulfonamides is 1. The largest absolute Gasteiger partial charge is 0.341 e. The highest BCUT2D eigenvalue weighted by atomic mass is 35.5. The Hall–Kier alpha value is -1.27. The first-order valence-electron chi connectivity index (χ1n) is 8.77. The topological polar surface area (TPSA) is 57.7 Å². The molecule has 2 rings (SSSR count). The zero-order valence-corrected chi connectivity index (χ0v) is 16.7. The third kappa shape index (κ3) is 4.88. The number of nitrogens with zero attached hydrogens (tertiary/aromatic N) is 2. The Kier molecular flexibility index (Phi) is 6.74. The van der Waals surface area contributed by atoms with Crippen LogP contribution in [-0.2, 0) is 14.8 Å². The molecule has 25 heavy (non-hydrogen) atoms. The van der Waals surface area contributed by atoms with Crippen LogP contribution in [-0.4, -0.2) is 44.6 Å². The molecule has 1 fully saturated rings. The average Bonchev–Trinajstić information content (AvgIpc) is 2.58. The minimum atomic E-state index is -3.63. The fourth-order valence-corrected chi connectivity index (χ4v) is 4.92. The van der Waals surface area contributed by atoms with Crippen molar-refractivity contribution in [1.29, 1.82) is 0 Å². The van der Waals surface area contributed by atoms with Gasteiger partial charge < -0.3 is 4.90 Å². The normalized spacial score (nSPS) is 17.1. The molecule has 0 spiro atoms. The number of rotatable bonds is 6. The quantitative estimate of drug-likeness (QED) is 0.749. The number of hydrogen-bond donors (Lipinski definition) is 0. The summed E-state index contributed by atoms with van der Waals surface area (Å²) >= 11 is 6.03. The molecule has 1 aliphatic rings. The van der Waals surface area contributed by atoms with Gasteiger partial charge >= 0.3 is 0 Å². The summed E-state index contributed by atoms with van der Waals surface area (Å²) < 4.78 is 26.1. The highest BCUT2D eigenvalue weighted by Gasteiger charge is 2.35. The zero-order valence-electron chi connectivity index (χ0n) is 15.1. The molecule has 0 aromatic heterocycles. The number of hydrogen-bond acceptors (Lipinski definition) is 3. The van der Waals surface area contributed by atoms with E-state index < -0.39 is 16.1 Å². The molecule has 1 aromatic carbocycles. The van der Waals surface area contributed by atoms with Crippen LogP contribution < -0.4 is 4.31 Å². The van der Waals surface area contributed by atoms with E-state index >= 15 is 0 Å². The summed E-state index contributed by atoms with van der Waals surface area (Å²) in [6, 6.07) is 6.06. The van der Waals surface area contributed by atoms with Gasteiger partial charge in [0.15, 0.2) is 0 Å². The fourth-order valence-electron chi connectivity index (χ4n) is 3.54. The second-order valence-electron chi connectivity index (χ2n) is 6.70. The van der Waals surface area contributed by atoms with E-state index in [2.05, 4.69) is 0 Å². The van der Waals surface area contributed by atoms with Crippen molar-refractivity contribution >= 4 is 33.2 Å². The molecule has 1 atom stereocenters. The molecule has 140 valence electrons. The summed E-state index contributed by atoms with van der Waals surface area (Å²) in [5.41, 5.74) is 0.423. The molecule has 0 bridgehead atoms. The van der Waals surface area contributed by atoms with Crippen molar-refractivity contribution < 1.29 is 13.2 Å². The number of likely N-dealkylation sites (N-methyl/N-ethyl adjacent to an activating group) is 1. The first-order chi connectivity index (χ1) is 11.8. The van der Waals surface area contributed by atoms with Crippen molar-refractivity contribution in [1.82, 2.24) is 4.90 Å². The van der Waals surface area contributed by atoms with Crippen LogP contribution in [0.25, 0.3) is 0 Å². The molecule has 7 heteroatoms. The molecule has 1 amide bonds. The molecule has 0 heterocycles. The Labute approximate surface area is 156 Å². The third-order valence-electron chi connectivity index (χ3n) is 4.84. The molecule has 5 nitrogen and oxygen atoms in total. The monoisotopic (exact) mass is 386 g/mol. The van der Waals surface area contributed by atoms with Gasteiger partial charge in [0.05, 0.1) is 11.9 Å². The van der Waals surface area contributed by atoms with E-state index in [9.17, 15) is 13.2 Å². The maximum absolute atomic E-state index is 13.1. The lowest BCUT2D eigenvalue weighted by molar-refractivity contribution is -0.133. The summed E-state index contributed by atoms with van der Waals surface area (Å²) in [5, 5.41) is 0.439. The lowest BCUT2D eigenvalue weighted by Gasteiger charge is -2.37. The van der Waals surface area contributed by atoms with Crippen LogP contribution in [0.5, 0.6) is 0 Å². The van der Waals surface area contributed by atoms with Crippen molar-refractivity contribution in [2.24, 2.45) is 0 Å². The van der Waals surface area contributed by atoms with Crippen molar-refractivity contribution in [3.63, 3.8) is 0 Å². The maximum atomic E-state index is 13.1. The average molecular weight is 387 g/mol. The van der Waals surface area contributed by atoms with Crippen LogP contribution in [0.15, 0.2) is 24.3 Å². The smallest absolute Gasteiger partial charge is 0.246 e. The molecule has 0 saturated heterocycles. The van der Waals surface area contributed by atoms with E-state index in [0.717, 1.165) is 31.9 Å². The van der Waals surface area contributed by atoms with Crippen LogP contribution in [0, 0.1) is 0 Å². The number of carbonyl (C=O) groups excluding carboxylic acids is 1. The lowest BCUT2D eigenvalue weighted by atomic mass is 9.94. The Morgan fingerprint density at radius 2 is 1.92 bits per heavy atom. The predicted octanol–water partition coefficient (Wildman–Crippen LogP) is 3.68. The van der Waals surface area contributed by atoms with Gasteiger partial charge in [0.25, 0.3) is 0 Å². The van der Waals surface area contributed by atoms with Crippen molar-refractivity contribution in [2.75, 3.05) is 17.6 Å². The highest BCUT2D eigenvalue weighted by molar-refractivity contribution is 7.92. The minimum Gasteiger partial charge on any atom is -0.341 e. The molecule has 1 aliphatic carbocycles. The van der Waals surface area contributed by atoms with Gasteiger partial charge in [-0.1, -0.05) is 43.9 Å².